The second-order valence-corrected chi connectivity index (χ2v) is 7.13. The molecule has 2 N–H and O–H groups in total. The van der Waals surface area contributed by atoms with Crippen LogP contribution in [0.15, 0.2) is 42.9 Å². The van der Waals surface area contributed by atoms with E-state index in [1.165, 1.54) is 0 Å². The maximum absolute atomic E-state index is 11.7. The van der Waals surface area contributed by atoms with E-state index in [2.05, 4.69) is 18.8 Å². The summed E-state index contributed by atoms with van der Waals surface area (Å²) >= 11 is 0. The SMILES string of the molecule is CC(C)(CN)CC1CC1(C=O)c1cn(-c2ccccc2)cn1. The summed E-state index contributed by atoms with van der Waals surface area (Å²) in [5.41, 5.74) is 7.42. The number of rotatable bonds is 6. The summed E-state index contributed by atoms with van der Waals surface area (Å²) in [5.74, 6) is 0.350. The van der Waals surface area contributed by atoms with Gasteiger partial charge in [-0.3, -0.25) is 0 Å². The molecule has 1 aromatic carbocycles. The smallest absolute Gasteiger partial charge is 0.132 e. The highest BCUT2D eigenvalue weighted by Crippen LogP contribution is 2.56. The average Bonchev–Trinajstić information content (AvgIpc) is 2.99. The van der Waals surface area contributed by atoms with Crippen LogP contribution < -0.4 is 5.73 Å². The summed E-state index contributed by atoms with van der Waals surface area (Å²) < 4.78 is 1.98. The minimum atomic E-state index is -0.410. The molecule has 0 amide bonds. The van der Waals surface area contributed by atoms with Crippen molar-refractivity contribution in [3.8, 4) is 5.69 Å². The highest BCUT2D eigenvalue weighted by molar-refractivity contribution is 5.73. The number of imidazole rings is 1. The monoisotopic (exact) mass is 297 g/mol. The number of hydrogen-bond acceptors (Lipinski definition) is 3. The first-order valence-corrected chi connectivity index (χ1v) is 7.77. The topological polar surface area (TPSA) is 60.9 Å². The number of carbonyl (C=O) groups excluding carboxylic acids is 1. The van der Waals surface area contributed by atoms with Gasteiger partial charge in [-0.15, -0.1) is 0 Å². The normalized spacial score (nSPS) is 24.2. The third-order valence-electron chi connectivity index (χ3n) is 4.83. The van der Waals surface area contributed by atoms with E-state index in [9.17, 15) is 4.79 Å². The Morgan fingerprint density at radius 3 is 2.77 bits per heavy atom. The molecule has 22 heavy (non-hydrogen) atoms. The van der Waals surface area contributed by atoms with Crippen molar-refractivity contribution < 1.29 is 4.79 Å². The van der Waals surface area contributed by atoms with Crippen LogP contribution in [0, 0.1) is 11.3 Å². The van der Waals surface area contributed by atoms with Crippen LogP contribution in [0.5, 0.6) is 0 Å². The molecular weight excluding hydrogens is 274 g/mol. The van der Waals surface area contributed by atoms with E-state index in [1.54, 1.807) is 6.33 Å². The minimum absolute atomic E-state index is 0.0669. The molecule has 1 aliphatic carbocycles. The number of para-hydroxylation sites is 1. The highest BCUT2D eigenvalue weighted by Gasteiger charge is 2.58. The Kier molecular flexibility index (Phi) is 3.65. The molecule has 0 spiro atoms. The van der Waals surface area contributed by atoms with E-state index in [0.717, 1.165) is 30.5 Å². The summed E-state index contributed by atoms with van der Waals surface area (Å²) in [7, 11) is 0. The lowest BCUT2D eigenvalue weighted by Gasteiger charge is -2.23. The van der Waals surface area contributed by atoms with Crippen molar-refractivity contribution in [1.82, 2.24) is 9.55 Å². The molecule has 0 saturated heterocycles. The number of carbonyl (C=O) groups is 1. The van der Waals surface area contributed by atoms with Crippen molar-refractivity contribution >= 4 is 6.29 Å². The molecule has 2 aromatic rings. The predicted octanol–water partition coefficient (Wildman–Crippen LogP) is 2.70. The van der Waals surface area contributed by atoms with E-state index in [1.807, 2.05) is 41.1 Å². The van der Waals surface area contributed by atoms with Crippen molar-refractivity contribution in [2.24, 2.45) is 17.1 Å². The first-order chi connectivity index (χ1) is 10.5. The summed E-state index contributed by atoms with van der Waals surface area (Å²) in [6.07, 6.45) is 6.70. The van der Waals surface area contributed by atoms with Gasteiger partial charge in [0.2, 0.25) is 0 Å². The first-order valence-electron chi connectivity index (χ1n) is 7.77. The molecule has 0 bridgehead atoms. The van der Waals surface area contributed by atoms with Crippen molar-refractivity contribution in [2.45, 2.75) is 32.1 Å². The molecule has 4 heteroatoms. The fraction of sp³-hybridized carbons (Fsp3) is 0.444. The summed E-state index contributed by atoms with van der Waals surface area (Å²) in [6, 6.07) is 10.0. The highest BCUT2D eigenvalue weighted by atomic mass is 16.1. The maximum atomic E-state index is 11.7. The summed E-state index contributed by atoms with van der Waals surface area (Å²) in [4.78, 5) is 16.2. The Balaban J connectivity index is 1.82. The van der Waals surface area contributed by atoms with Gasteiger partial charge in [-0.05, 0) is 42.9 Å². The van der Waals surface area contributed by atoms with E-state index < -0.39 is 5.41 Å². The van der Waals surface area contributed by atoms with Crippen LogP contribution in [0.1, 0.15) is 32.4 Å². The average molecular weight is 297 g/mol. The largest absolute Gasteiger partial charge is 0.330 e. The first kappa shape index (κ1) is 15.0. The van der Waals surface area contributed by atoms with Gasteiger partial charge in [0.05, 0.1) is 17.4 Å². The van der Waals surface area contributed by atoms with Crippen molar-refractivity contribution in [1.29, 1.82) is 0 Å². The van der Waals surface area contributed by atoms with Gasteiger partial charge in [-0.25, -0.2) is 4.98 Å². The quantitative estimate of drug-likeness (QED) is 0.834. The number of aldehydes is 1. The second-order valence-electron chi connectivity index (χ2n) is 7.13. The molecule has 0 aliphatic heterocycles. The van der Waals surface area contributed by atoms with Gasteiger partial charge < -0.3 is 15.1 Å². The number of hydrogen-bond donors (Lipinski definition) is 1. The van der Waals surface area contributed by atoms with Crippen LogP contribution in [0.2, 0.25) is 0 Å². The van der Waals surface area contributed by atoms with Gasteiger partial charge in [0.15, 0.2) is 0 Å². The fourth-order valence-corrected chi connectivity index (χ4v) is 3.18. The van der Waals surface area contributed by atoms with Gasteiger partial charge in [0.1, 0.15) is 6.29 Å². The molecule has 4 nitrogen and oxygen atoms in total. The molecule has 1 fully saturated rings. The molecule has 1 aliphatic rings. The number of aromatic nitrogens is 2. The number of nitrogens with two attached hydrogens (primary N) is 1. The predicted molar refractivity (Wildman–Crippen MR) is 86.9 cm³/mol. The Morgan fingerprint density at radius 2 is 2.14 bits per heavy atom. The van der Waals surface area contributed by atoms with E-state index in [0.29, 0.717) is 12.5 Å². The van der Waals surface area contributed by atoms with Gasteiger partial charge >= 0.3 is 0 Å². The van der Waals surface area contributed by atoms with Gasteiger partial charge in [0, 0.05) is 11.9 Å². The molecule has 2 unspecified atom stereocenters. The van der Waals surface area contributed by atoms with Crippen LogP contribution in [0.25, 0.3) is 5.69 Å². The van der Waals surface area contributed by atoms with Crippen molar-refractivity contribution in [3.05, 3.63) is 48.5 Å². The van der Waals surface area contributed by atoms with Crippen LogP contribution >= 0.6 is 0 Å². The van der Waals surface area contributed by atoms with Crippen molar-refractivity contribution in [3.63, 3.8) is 0 Å². The standard InChI is InChI=1S/C18H23N3O/c1-17(2,11-19)8-14-9-18(14,12-22)16-10-21(13-20-16)15-6-4-3-5-7-15/h3-7,10,12-14H,8-9,11,19H2,1-2H3. The third kappa shape index (κ3) is 2.59. The minimum Gasteiger partial charge on any atom is -0.330 e. The molecule has 3 rings (SSSR count). The van der Waals surface area contributed by atoms with E-state index >= 15 is 0 Å². The van der Waals surface area contributed by atoms with E-state index in [4.69, 9.17) is 5.73 Å². The lowest BCUT2D eigenvalue weighted by Crippen LogP contribution is -2.26. The third-order valence-corrected chi connectivity index (χ3v) is 4.83. The Bertz CT molecular complexity index is 662. The Labute approximate surface area is 131 Å². The second kappa shape index (κ2) is 5.36. The molecule has 1 heterocycles. The molecule has 2 atom stereocenters. The van der Waals surface area contributed by atoms with Gasteiger partial charge in [0.25, 0.3) is 0 Å². The fourth-order valence-electron chi connectivity index (χ4n) is 3.18. The molecule has 116 valence electrons. The summed E-state index contributed by atoms with van der Waals surface area (Å²) in [6.45, 7) is 4.95. The number of nitrogens with zero attached hydrogens (tertiary/aromatic N) is 2. The Morgan fingerprint density at radius 1 is 1.41 bits per heavy atom. The molecule has 1 saturated carbocycles. The molecular formula is C18H23N3O. The van der Waals surface area contributed by atoms with Gasteiger partial charge in [-0.1, -0.05) is 32.0 Å². The summed E-state index contributed by atoms with van der Waals surface area (Å²) in [5, 5.41) is 0. The van der Waals surface area contributed by atoms with Crippen LogP contribution in [-0.4, -0.2) is 22.4 Å². The Hall–Kier alpha value is -1.94. The van der Waals surface area contributed by atoms with E-state index in [-0.39, 0.29) is 5.41 Å². The maximum Gasteiger partial charge on any atom is 0.132 e. The zero-order valence-corrected chi connectivity index (χ0v) is 13.2. The van der Waals surface area contributed by atoms with Gasteiger partial charge in [-0.2, -0.15) is 0 Å². The van der Waals surface area contributed by atoms with Crippen LogP contribution in [0.4, 0.5) is 0 Å². The lowest BCUT2D eigenvalue weighted by atomic mass is 9.84. The number of benzene rings is 1. The zero-order chi connectivity index (χ0) is 15.8. The molecule has 1 aromatic heterocycles. The lowest BCUT2D eigenvalue weighted by molar-refractivity contribution is -0.110. The van der Waals surface area contributed by atoms with Crippen LogP contribution in [0.3, 0.4) is 0 Å². The molecule has 0 radical (unpaired) electrons. The van der Waals surface area contributed by atoms with Crippen molar-refractivity contribution in [2.75, 3.05) is 6.54 Å². The zero-order valence-electron chi connectivity index (χ0n) is 13.2. The van der Waals surface area contributed by atoms with Crippen LogP contribution in [-0.2, 0) is 10.2 Å².